The van der Waals surface area contributed by atoms with Crippen LogP contribution in [-0.4, -0.2) is 98.1 Å². The van der Waals surface area contributed by atoms with E-state index in [0.29, 0.717) is 12.8 Å². The van der Waals surface area contributed by atoms with E-state index in [9.17, 15) is 19.5 Å². The third-order valence-electron chi connectivity index (χ3n) is 6.02. The molecule has 0 saturated carbocycles. The normalized spacial score (nSPS) is 42.7. The van der Waals surface area contributed by atoms with Gasteiger partial charge < -0.3 is 24.8 Å². The summed E-state index contributed by atoms with van der Waals surface area (Å²) in [7, 11) is -1.47. The van der Waals surface area contributed by atoms with Crippen molar-refractivity contribution < 1.29 is 29.0 Å². The second-order valence-electron chi connectivity index (χ2n) is 8.25. The van der Waals surface area contributed by atoms with E-state index >= 15 is 0 Å². The molecular weight excluding hydrogens is 416 g/mol. The largest absolute Gasteiger partial charge is 0.388 e. The maximum Gasteiger partial charge on any atom is 0.132 e. The van der Waals surface area contributed by atoms with Gasteiger partial charge in [-0.25, -0.2) is 4.21 Å². The number of nitrogens with two attached hydrogens (primary N) is 1. The molecule has 2 saturated heterocycles. The summed E-state index contributed by atoms with van der Waals surface area (Å²) in [4.78, 5) is 2.38. The van der Waals surface area contributed by atoms with Gasteiger partial charge in [-0.2, -0.15) is 0 Å². The van der Waals surface area contributed by atoms with Crippen molar-refractivity contribution in [3.8, 4) is 0 Å². The number of ether oxygens (including phenoxy) is 2. The van der Waals surface area contributed by atoms with Crippen molar-refractivity contribution >= 4 is 22.7 Å². The molecule has 3 aliphatic rings. The first-order valence-corrected chi connectivity index (χ1v) is 12.6. The molecule has 0 aromatic rings. The standard InChI is InChI=1S/C19H34N2O6S2/c1-12(29(20)25)9-14-4-2-3-13(10-21-5-7-26-8-6-21)11-28-19-17(24)15(22)16(23)18(14)27-19/h2-3,12-19,22-24H,4-11,20H2,1H3/b3-2-/t12?,13-,14+,15-,16+,17+,18+,19+,29?/m0/s1. The fraction of sp³-hybridized carbons (Fsp3) is 0.895. The number of nitrogens with zero attached hydrogens (tertiary/aromatic N) is 1. The van der Waals surface area contributed by atoms with Crippen LogP contribution in [0.15, 0.2) is 12.2 Å². The molecule has 0 spiro atoms. The molecule has 2 fully saturated rings. The predicted octanol–water partition coefficient (Wildman–Crippen LogP) is -0.547. The van der Waals surface area contributed by atoms with Gasteiger partial charge in [-0.15, -0.1) is 11.8 Å². The van der Waals surface area contributed by atoms with E-state index in [1.54, 1.807) is 0 Å². The van der Waals surface area contributed by atoms with Crippen LogP contribution in [0.1, 0.15) is 19.8 Å². The lowest BCUT2D eigenvalue weighted by molar-refractivity contribution is -0.211. The van der Waals surface area contributed by atoms with E-state index < -0.39 is 40.8 Å². The van der Waals surface area contributed by atoms with Crippen molar-refractivity contribution in [2.45, 2.75) is 54.9 Å². The van der Waals surface area contributed by atoms with Gasteiger partial charge in [0.25, 0.3) is 0 Å². The van der Waals surface area contributed by atoms with Crippen molar-refractivity contribution in [2.24, 2.45) is 17.0 Å². The first-order chi connectivity index (χ1) is 13.9. The zero-order valence-electron chi connectivity index (χ0n) is 16.8. The molecule has 9 atom stereocenters. The second-order valence-corrected chi connectivity index (χ2v) is 10.8. The van der Waals surface area contributed by atoms with Crippen LogP contribution in [0.2, 0.25) is 0 Å². The maximum atomic E-state index is 11.7. The number of thioether (sulfide) groups is 1. The van der Waals surface area contributed by atoms with Crippen LogP contribution >= 0.6 is 11.8 Å². The Balaban J connectivity index is 1.76. The summed E-state index contributed by atoms with van der Waals surface area (Å²) in [6.45, 7) is 6.02. The molecule has 168 valence electrons. The van der Waals surface area contributed by atoms with E-state index in [1.807, 2.05) is 6.92 Å². The number of fused-ring (bicyclic) bond motifs is 2. The molecule has 29 heavy (non-hydrogen) atoms. The monoisotopic (exact) mass is 450 g/mol. The van der Waals surface area contributed by atoms with Gasteiger partial charge in [0.1, 0.15) is 23.7 Å². The van der Waals surface area contributed by atoms with Crippen molar-refractivity contribution in [3.63, 3.8) is 0 Å². The Morgan fingerprint density at radius 3 is 2.66 bits per heavy atom. The highest BCUT2D eigenvalue weighted by Gasteiger charge is 2.47. The van der Waals surface area contributed by atoms with Crippen molar-refractivity contribution in [2.75, 3.05) is 38.6 Å². The summed E-state index contributed by atoms with van der Waals surface area (Å²) in [6.07, 6.45) is 1.19. The van der Waals surface area contributed by atoms with Gasteiger partial charge in [0.15, 0.2) is 0 Å². The van der Waals surface area contributed by atoms with E-state index in [4.69, 9.17) is 14.6 Å². The quantitative estimate of drug-likeness (QED) is 0.411. The lowest BCUT2D eigenvalue weighted by Crippen LogP contribution is -2.59. The zero-order chi connectivity index (χ0) is 21.0. The molecule has 3 heterocycles. The Kier molecular flexibility index (Phi) is 8.97. The average Bonchev–Trinajstić information content (AvgIpc) is 2.71. The molecule has 0 amide bonds. The van der Waals surface area contributed by atoms with Gasteiger partial charge in [-0.1, -0.05) is 12.2 Å². The zero-order valence-corrected chi connectivity index (χ0v) is 18.5. The third-order valence-corrected chi connectivity index (χ3v) is 8.35. The Morgan fingerprint density at radius 2 is 1.97 bits per heavy atom. The third kappa shape index (κ3) is 6.24. The minimum Gasteiger partial charge on any atom is -0.388 e. The summed E-state index contributed by atoms with van der Waals surface area (Å²) in [6, 6.07) is 0. The number of hydrogen-bond acceptors (Lipinski definition) is 8. The van der Waals surface area contributed by atoms with E-state index in [2.05, 4.69) is 17.1 Å². The minimum atomic E-state index is -1.47. The van der Waals surface area contributed by atoms with Crippen LogP contribution in [0.3, 0.4) is 0 Å². The SMILES string of the molecule is CC(C[C@H]1C/C=C\[C@@H](CN2CCOCC2)CS[C@H]2O[C@H]1[C@H](O)[C@H](O)[C@H]2O)S(N)=O. The lowest BCUT2D eigenvalue weighted by Gasteiger charge is -2.44. The molecule has 10 heteroatoms. The Bertz CT molecular complexity index is 577. The van der Waals surface area contributed by atoms with Crippen LogP contribution in [0.4, 0.5) is 0 Å². The predicted molar refractivity (Wildman–Crippen MR) is 114 cm³/mol. The van der Waals surface area contributed by atoms with Crippen molar-refractivity contribution in [1.82, 2.24) is 4.90 Å². The van der Waals surface area contributed by atoms with Crippen LogP contribution in [0, 0.1) is 11.8 Å². The molecular formula is C19H34N2O6S2. The van der Waals surface area contributed by atoms with Crippen LogP contribution in [0.5, 0.6) is 0 Å². The molecule has 0 radical (unpaired) electrons. The summed E-state index contributed by atoms with van der Waals surface area (Å²) in [5.74, 6) is 0.867. The maximum absolute atomic E-state index is 11.7. The van der Waals surface area contributed by atoms with E-state index in [0.717, 1.165) is 38.6 Å². The topological polar surface area (TPSA) is 125 Å². The molecule has 2 bridgehead atoms. The Hall–Kier alpha value is -0.0400. The number of aliphatic hydroxyl groups excluding tert-OH is 3. The fourth-order valence-electron chi connectivity index (χ4n) is 4.24. The molecule has 0 aliphatic carbocycles. The van der Waals surface area contributed by atoms with Gasteiger partial charge >= 0.3 is 0 Å². The molecule has 0 aromatic heterocycles. The first kappa shape index (κ1) is 23.6. The van der Waals surface area contributed by atoms with Crippen LogP contribution in [-0.2, 0) is 20.5 Å². The van der Waals surface area contributed by atoms with Gasteiger partial charge in [0, 0.05) is 30.6 Å². The molecule has 2 unspecified atom stereocenters. The average molecular weight is 451 g/mol. The fourth-order valence-corrected chi connectivity index (χ4v) is 5.89. The highest BCUT2D eigenvalue weighted by atomic mass is 32.2. The second kappa shape index (κ2) is 11.0. The van der Waals surface area contributed by atoms with Crippen molar-refractivity contribution in [1.29, 1.82) is 0 Å². The lowest BCUT2D eigenvalue weighted by atomic mass is 9.85. The number of aliphatic hydroxyl groups is 3. The number of rotatable bonds is 5. The van der Waals surface area contributed by atoms with E-state index in [-0.39, 0.29) is 17.1 Å². The molecule has 3 rings (SSSR count). The summed E-state index contributed by atoms with van der Waals surface area (Å²) in [5, 5.41) is 36.7. The molecule has 3 aliphatic heterocycles. The van der Waals surface area contributed by atoms with Crippen molar-refractivity contribution in [3.05, 3.63) is 12.2 Å². The van der Waals surface area contributed by atoms with Gasteiger partial charge in [0.2, 0.25) is 0 Å². The molecule has 0 aromatic carbocycles. The van der Waals surface area contributed by atoms with Gasteiger partial charge in [-0.05, 0) is 31.6 Å². The first-order valence-electron chi connectivity index (χ1n) is 10.3. The Labute approximate surface area is 179 Å². The summed E-state index contributed by atoms with van der Waals surface area (Å²) < 4.78 is 23.2. The number of allylic oxidation sites excluding steroid dienone is 1. The van der Waals surface area contributed by atoms with Gasteiger partial charge in [-0.3, -0.25) is 10.0 Å². The number of morpholine rings is 1. The number of hydrogen-bond donors (Lipinski definition) is 4. The summed E-state index contributed by atoms with van der Waals surface area (Å²) in [5.41, 5.74) is -0.613. The van der Waals surface area contributed by atoms with Gasteiger partial charge in [0.05, 0.1) is 30.3 Å². The summed E-state index contributed by atoms with van der Waals surface area (Å²) >= 11 is 1.48. The Morgan fingerprint density at radius 1 is 1.24 bits per heavy atom. The van der Waals surface area contributed by atoms with E-state index in [1.165, 1.54) is 11.8 Å². The van der Waals surface area contributed by atoms with Crippen LogP contribution in [0.25, 0.3) is 0 Å². The molecule has 8 nitrogen and oxygen atoms in total. The highest BCUT2D eigenvalue weighted by Crippen LogP contribution is 2.36. The van der Waals surface area contributed by atoms with Crippen LogP contribution < -0.4 is 5.14 Å². The minimum absolute atomic E-state index is 0.156. The molecule has 5 N–H and O–H groups in total. The smallest absolute Gasteiger partial charge is 0.132 e. The highest BCUT2D eigenvalue weighted by molar-refractivity contribution is 7.99.